The van der Waals surface area contributed by atoms with Crippen LogP contribution in [-0.2, 0) is 0 Å². The van der Waals surface area contributed by atoms with Gasteiger partial charge in [0.25, 0.3) is 0 Å². The number of nitrogens with zero attached hydrogens (tertiary/aromatic N) is 2. The van der Waals surface area contributed by atoms with Gasteiger partial charge in [0.05, 0.1) is 22.4 Å². The van der Waals surface area contributed by atoms with Crippen LogP contribution >= 0.6 is 11.3 Å². The van der Waals surface area contributed by atoms with Crippen molar-refractivity contribution in [2.24, 2.45) is 0 Å². The van der Waals surface area contributed by atoms with Gasteiger partial charge in [-0.1, -0.05) is 97.1 Å². The summed E-state index contributed by atoms with van der Waals surface area (Å²) in [7, 11) is 0. The molecule has 10 aromatic rings. The van der Waals surface area contributed by atoms with Crippen LogP contribution in [0.5, 0.6) is 0 Å². The van der Waals surface area contributed by atoms with Crippen molar-refractivity contribution in [1.82, 2.24) is 4.57 Å². The summed E-state index contributed by atoms with van der Waals surface area (Å²) in [6, 6.07) is 54.8. The fraction of sp³-hybridized carbons (Fsp3) is 0.0612. The first-order valence-corrected chi connectivity index (χ1v) is 19.5. The summed E-state index contributed by atoms with van der Waals surface area (Å²) < 4.78 is 11.8. The highest BCUT2D eigenvalue weighted by atomic mass is 32.1. The monoisotopic (exact) mass is 711 g/mol. The van der Waals surface area contributed by atoms with Gasteiger partial charge in [-0.15, -0.1) is 11.3 Å². The molecule has 0 bridgehead atoms. The third kappa shape index (κ3) is 4.30. The van der Waals surface area contributed by atoms with Gasteiger partial charge in [0.2, 0.25) is 0 Å². The predicted molar refractivity (Wildman–Crippen MR) is 229 cm³/mol. The van der Waals surface area contributed by atoms with E-state index in [0.717, 1.165) is 35.1 Å². The lowest BCUT2D eigenvalue weighted by Crippen LogP contribution is -2.34. The van der Waals surface area contributed by atoms with E-state index in [-0.39, 0.29) is 6.17 Å². The first-order valence-electron chi connectivity index (χ1n) is 18.7. The Bertz CT molecular complexity index is 3210. The smallest absolute Gasteiger partial charge is 0.137 e. The van der Waals surface area contributed by atoms with E-state index in [1.807, 2.05) is 11.3 Å². The Morgan fingerprint density at radius 3 is 2.30 bits per heavy atom. The summed E-state index contributed by atoms with van der Waals surface area (Å²) in [6.45, 7) is 0. The average molecular weight is 712 g/mol. The molecule has 0 saturated heterocycles. The van der Waals surface area contributed by atoms with Crippen LogP contribution in [0.3, 0.4) is 0 Å². The number of hydrogen-bond acceptors (Lipinski definition) is 4. The number of hydrogen-bond donors (Lipinski definition) is 1. The summed E-state index contributed by atoms with van der Waals surface area (Å²) in [5.41, 5.74) is 12.9. The lowest BCUT2D eigenvalue weighted by Gasteiger charge is -2.30. The summed E-state index contributed by atoms with van der Waals surface area (Å²) in [4.78, 5) is 2.43. The van der Waals surface area contributed by atoms with Crippen molar-refractivity contribution in [2.45, 2.75) is 19.0 Å². The van der Waals surface area contributed by atoms with E-state index in [1.54, 1.807) is 0 Å². The number of benzene rings is 7. The van der Waals surface area contributed by atoms with Crippen LogP contribution in [0, 0.1) is 0 Å². The predicted octanol–water partition coefficient (Wildman–Crippen LogP) is 13.7. The molecule has 0 fully saturated rings. The van der Waals surface area contributed by atoms with Gasteiger partial charge in [0, 0.05) is 59.2 Å². The van der Waals surface area contributed by atoms with E-state index >= 15 is 0 Å². The zero-order valence-corrected chi connectivity index (χ0v) is 30.1. The van der Waals surface area contributed by atoms with Crippen molar-refractivity contribution >= 4 is 97.9 Å². The third-order valence-corrected chi connectivity index (χ3v) is 12.8. The number of furan rings is 1. The molecule has 1 unspecified atom stereocenters. The van der Waals surface area contributed by atoms with Crippen molar-refractivity contribution in [1.29, 1.82) is 0 Å². The minimum atomic E-state index is 0.0717. The van der Waals surface area contributed by atoms with Crippen LogP contribution in [0.25, 0.3) is 75.2 Å². The van der Waals surface area contributed by atoms with Crippen LogP contribution in [-0.4, -0.2) is 10.7 Å². The van der Waals surface area contributed by atoms with Crippen molar-refractivity contribution in [3.05, 3.63) is 175 Å². The highest BCUT2D eigenvalue weighted by Gasteiger charge is 2.33. The minimum Gasteiger partial charge on any atom is -0.456 e. The molecule has 1 aliphatic heterocycles. The second-order valence-electron chi connectivity index (χ2n) is 14.5. The Hall–Kier alpha value is -6.56. The average Bonchev–Trinajstić information content (AvgIpc) is 3.99. The van der Waals surface area contributed by atoms with Gasteiger partial charge in [-0.2, -0.15) is 0 Å². The van der Waals surface area contributed by atoms with E-state index in [2.05, 4.69) is 179 Å². The first kappa shape index (κ1) is 30.0. The number of nitrogens with one attached hydrogen (secondary N) is 1. The zero-order chi connectivity index (χ0) is 35.3. The van der Waals surface area contributed by atoms with Gasteiger partial charge in [-0.3, -0.25) is 0 Å². The zero-order valence-electron chi connectivity index (χ0n) is 29.3. The van der Waals surface area contributed by atoms with Crippen LogP contribution in [0.2, 0.25) is 0 Å². The second kappa shape index (κ2) is 11.5. The lowest BCUT2D eigenvalue weighted by molar-refractivity contribution is 0.668. The van der Waals surface area contributed by atoms with Crippen LogP contribution < -0.4 is 10.2 Å². The molecule has 5 heteroatoms. The number of rotatable bonds is 4. The molecule has 1 atom stereocenters. The molecule has 0 saturated carbocycles. The lowest BCUT2D eigenvalue weighted by atomic mass is 9.89. The summed E-state index contributed by atoms with van der Waals surface area (Å²) >= 11 is 1.89. The maximum Gasteiger partial charge on any atom is 0.137 e. The van der Waals surface area contributed by atoms with E-state index < -0.39 is 0 Å². The number of aromatic nitrogens is 1. The van der Waals surface area contributed by atoms with E-state index in [1.165, 1.54) is 81.1 Å². The number of thiophene rings is 1. The molecule has 54 heavy (non-hydrogen) atoms. The second-order valence-corrected chi connectivity index (χ2v) is 15.5. The SMILES string of the molecule is C1=C(c2cccc3oc4cc(-n5c6ccccc6c6c7sc8ccccc8c7ccc65)ccc4c23)CCC(C2Nc3ccccc3N2c2ccccc2)=C1. The van der Waals surface area contributed by atoms with Gasteiger partial charge in [0.1, 0.15) is 17.3 Å². The van der Waals surface area contributed by atoms with Crippen LogP contribution in [0.1, 0.15) is 18.4 Å². The van der Waals surface area contributed by atoms with Gasteiger partial charge >= 0.3 is 0 Å². The van der Waals surface area contributed by atoms with Crippen LogP contribution in [0.4, 0.5) is 17.1 Å². The molecule has 0 amide bonds. The maximum absolute atomic E-state index is 6.69. The normalized spacial score (nSPS) is 15.8. The van der Waals surface area contributed by atoms with Crippen molar-refractivity contribution < 1.29 is 4.42 Å². The van der Waals surface area contributed by atoms with Crippen LogP contribution in [0.15, 0.2) is 174 Å². The van der Waals surface area contributed by atoms with Crippen molar-refractivity contribution in [3.63, 3.8) is 0 Å². The Labute approximate surface area is 315 Å². The highest BCUT2D eigenvalue weighted by Crippen LogP contribution is 2.46. The Morgan fingerprint density at radius 2 is 1.39 bits per heavy atom. The molecule has 4 nitrogen and oxygen atoms in total. The van der Waals surface area contributed by atoms with E-state index in [4.69, 9.17) is 4.42 Å². The molecule has 256 valence electrons. The molecule has 0 spiro atoms. The molecule has 4 heterocycles. The van der Waals surface area contributed by atoms with Gasteiger partial charge in [-0.05, 0) is 90.2 Å². The molecule has 3 aromatic heterocycles. The molecule has 2 aliphatic rings. The van der Waals surface area contributed by atoms with E-state index in [0.29, 0.717) is 0 Å². The molecule has 0 radical (unpaired) electrons. The number of fused-ring (bicyclic) bond motifs is 11. The van der Waals surface area contributed by atoms with Gasteiger partial charge in [-0.25, -0.2) is 0 Å². The standard InChI is InChI=1S/C49H33N3OS/c1-2-11-32(12-3-1)52-41-18-8-6-16-39(41)50-49(52)31-23-21-30(22-24-31)34-15-10-19-43-46(34)38-26-25-33(29-44(38)53-43)51-40-17-7-4-14-37(40)47-42(51)28-27-36-35-13-5-9-20-45(35)54-48(36)47/h1-21,23,25-29,49-50H,22,24H2. The molecule has 12 rings (SSSR count). The first-order chi connectivity index (χ1) is 26.8. The van der Waals surface area contributed by atoms with E-state index in [9.17, 15) is 0 Å². The summed E-state index contributed by atoms with van der Waals surface area (Å²) in [6.07, 6.45) is 6.68. The minimum absolute atomic E-state index is 0.0717. The summed E-state index contributed by atoms with van der Waals surface area (Å²) in [5, 5.41) is 11.4. The number of para-hydroxylation sites is 4. The largest absolute Gasteiger partial charge is 0.456 e. The summed E-state index contributed by atoms with van der Waals surface area (Å²) in [5.74, 6) is 0. The Balaban J connectivity index is 0.960. The number of allylic oxidation sites excluding steroid dienone is 3. The third-order valence-electron chi connectivity index (χ3n) is 11.5. The number of anilines is 3. The fourth-order valence-corrected chi connectivity index (χ4v) is 10.4. The quantitative estimate of drug-likeness (QED) is 0.197. The topological polar surface area (TPSA) is 33.3 Å². The Kier molecular flexibility index (Phi) is 6.36. The molecule has 1 aliphatic carbocycles. The van der Waals surface area contributed by atoms with Crippen molar-refractivity contribution in [3.8, 4) is 5.69 Å². The highest BCUT2D eigenvalue weighted by molar-refractivity contribution is 7.26. The van der Waals surface area contributed by atoms with Gasteiger partial charge in [0.15, 0.2) is 0 Å². The Morgan fingerprint density at radius 1 is 0.574 bits per heavy atom. The molecule has 7 aromatic carbocycles. The maximum atomic E-state index is 6.69. The molecular formula is C49H33N3OS. The molecule has 1 N–H and O–H groups in total. The van der Waals surface area contributed by atoms with Crippen molar-refractivity contribution in [2.75, 3.05) is 10.2 Å². The fourth-order valence-electron chi connectivity index (χ4n) is 9.13. The van der Waals surface area contributed by atoms with Gasteiger partial charge < -0.3 is 19.2 Å². The molecular weight excluding hydrogens is 679 g/mol.